The van der Waals surface area contributed by atoms with Crippen molar-refractivity contribution in [3.8, 4) is 0 Å². The Morgan fingerprint density at radius 1 is 1.23 bits per heavy atom. The van der Waals surface area contributed by atoms with Crippen LogP contribution in [0, 0.1) is 12.3 Å². The fourth-order valence-corrected chi connectivity index (χ4v) is 4.29. The summed E-state index contributed by atoms with van der Waals surface area (Å²) < 4.78 is 0. The Morgan fingerprint density at radius 2 is 2.07 bits per heavy atom. The smallest absolute Gasteiger partial charge is 0.257 e. The third-order valence-electron chi connectivity index (χ3n) is 6.08. The van der Waals surface area contributed by atoms with Crippen molar-refractivity contribution in [2.75, 3.05) is 29.9 Å². The number of nitrogens with one attached hydrogen (secondary N) is 2. The molecule has 1 aromatic heterocycles. The highest BCUT2D eigenvalue weighted by Crippen LogP contribution is 2.33. The first kappa shape index (κ1) is 20.1. The van der Waals surface area contributed by atoms with Crippen LogP contribution in [0.2, 0.25) is 0 Å². The van der Waals surface area contributed by atoms with Gasteiger partial charge in [-0.05, 0) is 51.3 Å². The zero-order valence-corrected chi connectivity index (χ0v) is 17.4. The molecule has 30 heavy (non-hydrogen) atoms. The van der Waals surface area contributed by atoms with Crippen LogP contribution in [0.15, 0.2) is 30.5 Å². The summed E-state index contributed by atoms with van der Waals surface area (Å²) in [5.74, 6) is -0.107. The number of carbonyl (C=O) groups excluding carboxylic acids is 3. The predicted octanol–water partition coefficient (Wildman–Crippen LogP) is 2.73. The van der Waals surface area contributed by atoms with Crippen molar-refractivity contribution in [3.63, 3.8) is 0 Å². The van der Waals surface area contributed by atoms with E-state index in [0.29, 0.717) is 43.7 Å². The van der Waals surface area contributed by atoms with Crippen LogP contribution < -0.4 is 10.2 Å². The third kappa shape index (κ3) is 3.81. The van der Waals surface area contributed by atoms with Crippen molar-refractivity contribution < 1.29 is 14.4 Å². The molecule has 0 bridgehead atoms. The van der Waals surface area contributed by atoms with E-state index in [1.807, 2.05) is 38.1 Å². The highest BCUT2D eigenvalue weighted by atomic mass is 16.2. The van der Waals surface area contributed by atoms with E-state index >= 15 is 0 Å². The Kier molecular flexibility index (Phi) is 5.32. The number of aromatic amines is 1. The van der Waals surface area contributed by atoms with Crippen LogP contribution in [-0.4, -0.2) is 52.5 Å². The lowest BCUT2D eigenvalue weighted by Crippen LogP contribution is -2.50. The van der Waals surface area contributed by atoms with Gasteiger partial charge in [-0.2, -0.15) is 5.10 Å². The molecular weight excluding hydrogens is 382 g/mol. The molecule has 4 rings (SSSR count). The monoisotopic (exact) mass is 409 g/mol. The number of aryl methyl sites for hydroxylation is 1. The second kappa shape index (κ2) is 7.93. The molecule has 2 fully saturated rings. The number of carbonyl (C=O) groups is 3. The SMILES string of the molecule is Cc1[nH]ncc1C(=O)N1CCCC(C)(C(=O)Nc2cccc(N3CCCC3=O)c2)C1. The molecule has 3 amide bonds. The van der Waals surface area contributed by atoms with Crippen LogP contribution in [-0.2, 0) is 9.59 Å². The summed E-state index contributed by atoms with van der Waals surface area (Å²) in [4.78, 5) is 41.5. The Bertz CT molecular complexity index is 985. The van der Waals surface area contributed by atoms with Gasteiger partial charge in [-0.1, -0.05) is 6.07 Å². The number of nitrogens with zero attached hydrogens (tertiary/aromatic N) is 3. The number of hydrogen-bond acceptors (Lipinski definition) is 4. The molecular formula is C22H27N5O3. The molecule has 2 N–H and O–H groups in total. The minimum absolute atomic E-state index is 0.102. The fourth-order valence-electron chi connectivity index (χ4n) is 4.29. The largest absolute Gasteiger partial charge is 0.337 e. The van der Waals surface area contributed by atoms with E-state index < -0.39 is 5.41 Å². The van der Waals surface area contributed by atoms with Gasteiger partial charge in [0.25, 0.3) is 5.91 Å². The van der Waals surface area contributed by atoms with Crippen molar-refractivity contribution in [2.24, 2.45) is 5.41 Å². The highest BCUT2D eigenvalue weighted by Gasteiger charge is 2.40. The number of amides is 3. The number of H-pyrrole nitrogens is 1. The average Bonchev–Trinajstić information content (AvgIpc) is 3.35. The molecule has 1 aromatic carbocycles. The second-order valence-corrected chi connectivity index (χ2v) is 8.45. The first-order valence-electron chi connectivity index (χ1n) is 10.4. The maximum absolute atomic E-state index is 13.2. The van der Waals surface area contributed by atoms with Crippen molar-refractivity contribution in [2.45, 2.75) is 39.5 Å². The minimum atomic E-state index is -0.689. The van der Waals surface area contributed by atoms with Gasteiger partial charge in [-0.15, -0.1) is 0 Å². The fraction of sp³-hybridized carbons (Fsp3) is 0.455. The van der Waals surface area contributed by atoms with Gasteiger partial charge in [0.2, 0.25) is 11.8 Å². The van der Waals surface area contributed by atoms with Crippen LogP contribution >= 0.6 is 0 Å². The summed E-state index contributed by atoms with van der Waals surface area (Å²) in [5.41, 5.74) is 2.04. The molecule has 0 radical (unpaired) electrons. The van der Waals surface area contributed by atoms with E-state index in [2.05, 4.69) is 15.5 Å². The van der Waals surface area contributed by atoms with Gasteiger partial charge in [0.1, 0.15) is 0 Å². The summed E-state index contributed by atoms with van der Waals surface area (Å²) in [5, 5.41) is 9.73. The minimum Gasteiger partial charge on any atom is -0.337 e. The predicted molar refractivity (Wildman–Crippen MR) is 113 cm³/mol. The van der Waals surface area contributed by atoms with E-state index in [-0.39, 0.29) is 17.7 Å². The number of anilines is 2. The maximum Gasteiger partial charge on any atom is 0.257 e. The molecule has 2 aliphatic heterocycles. The molecule has 0 aliphatic carbocycles. The van der Waals surface area contributed by atoms with E-state index in [1.54, 1.807) is 9.80 Å². The van der Waals surface area contributed by atoms with Crippen molar-refractivity contribution in [1.29, 1.82) is 0 Å². The number of rotatable bonds is 4. The Morgan fingerprint density at radius 3 is 2.77 bits per heavy atom. The Balaban J connectivity index is 1.47. The van der Waals surface area contributed by atoms with Crippen molar-refractivity contribution >= 4 is 29.1 Å². The number of piperidine rings is 1. The van der Waals surface area contributed by atoms with E-state index in [9.17, 15) is 14.4 Å². The second-order valence-electron chi connectivity index (χ2n) is 8.45. The van der Waals surface area contributed by atoms with Gasteiger partial charge in [-0.25, -0.2) is 0 Å². The summed E-state index contributed by atoms with van der Waals surface area (Å²) in [6.07, 6.45) is 4.42. The van der Waals surface area contributed by atoms with Crippen LogP contribution in [0.3, 0.4) is 0 Å². The van der Waals surface area contributed by atoms with Gasteiger partial charge >= 0.3 is 0 Å². The maximum atomic E-state index is 13.2. The standard InChI is InChI=1S/C22H27N5O3/c1-15-18(13-23-25-15)20(29)26-10-5-9-22(2,14-26)21(30)24-16-6-3-7-17(12-16)27-11-4-8-19(27)28/h3,6-7,12-13H,4-5,8-11,14H2,1-2H3,(H,23,25)(H,24,30). The summed E-state index contributed by atoms with van der Waals surface area (Å²) in [7, 11) is 0. The van der Waals surface area contributed by atoms with E-state index in [1.165, 1.54) is 6.20 Å². The lowest BCUT2D eigenvalue weighted by atomic mass is 9.80. The lowest BCUT2D eigenvalue weighted by Gasteiger charge is -2.39. The molecule has 1 atom stereocenters. The summed E-state index contributed by atoms with van der Waals surface area (Å²) in [6, 6.07) is 7.39. The topological polar surface area (TPSA) is 98.4 Å². The van der Waals surface area contributed by atoms with Crippen LogP contribution in [0.1, 0.15) is 48.7 Å². The first-order valence-corrected chi connectivity index (χ1v) is 10.4. The van der Waals surface area contributed by atoms with E-state index in [0.717, 1.165) is 24.2 Å². The summed E-state index contributed by atoms with van der Waals surface area (Å²) >= 11 is 0. The van der Waals surface area contributed by atoms with E-state index in [4.69, 9.17) is 0 Å². The molecule has 8 heteroatoms. The van der Waals surface area contributed by atoms with Crippen LogP contribution in [0.5, 0.6) is 0 Å². The Labute approximate surface area is 175 Å². The van der Waals surface area contributed by atoms with Crippen molar-refractivity contribution in [1.82, 2.24) is 15.1 Å². The molecule has 0 spiro atoms. The van der Waals surface area contributed by atoms with Gasteiger partial charge in [0.05, 0.1) is 17.2 Å². The molecule has 2 aromatic rings. The van der Waals surface area contributed by atoms with Gasteiger partial charge in [-0.3, -0.25) is 19.5 Å². The van der Waals surface area contributed by atoms with Gasteiger partial charge in [0, 0.05) is 43.1 Å². The zero-order chi connectivity index (χ0) is 21.3. The zero-order valence-electron chi connectivity index (χ0n) is 17.4. The summed E-state index contributed by atoms with van der Waals surface area (Å²) in [6.45, 7) is 5.40. The van der Waals surface area contributed by atoms with Crippen LogP contribution in [0.25, 0.3) is 0 Å². The molecule has 1 unspecified atom stereocenters. The quantitative estimate of drug-likeness (QED) is 0.811. The number of aromatic nitrogens is 2. The van der Waals surface area contributed by atoms with Crippen molar-refractivity contribution in [3.05, 3.63) is 41.7 Å². The lowest BCUT2D eigenvalue weighted by molar-refractivity contribution is -0.127. The molecule has 0 saturated carbocycles. The number of hydrogen-bond donors (Lipinski definition) is 2. The normalized spacial score (nSPS) is 21.7. The van der Waals surface area contributed by atoms with Crippen LogP contribution in [0.4, 0.5) is 11.4 Å². The molecule has 2 saturated heterocycles. The Hall–Kier alpha value is -3.16. The van der Waals surface area contributed by atoms with Gasteiger partial charge < -0.3 is 15.1 Å². The highest BCUT2D eigenvalue weighted by molar-refractivity contribution is 5.99. The third-order valence-corrected chi connectivity index (χ3v) is 6.08. The van der Waals surface area contributed by atoms with Gasteiger partial charge in [0.15, 0.2) is 0 Å². The molecule has 2 aliphatic rings. The first-order chi connectivity index (χ1) is 14.4. The average molecular weight is 409 g/mol. The number of likely N-dealkylation sites (tertiary alicyclic amines) is 1. The molecule has 8 nitrogen and oxygen atoms in total. The number of benzene rings is 1. The molecule has 3 heterocycles. The molecule has 158 valence electrons.